The normalized spacial score (nSPS) is 18.3. The predicted octanol–water partition coefficient (Wildman–Crippen LogP) is 1.48. The number of nitrogens with zero attached hydrogens (tertiary/aromatic N) is 1. The average Bonchev–Trinajstić information content (AvgIpc) is 2.53. The van der Waals surface area contributed by atoms with Crippen molar-refractivity contribution in [1.82, 2.24) is 0 Å². The number of fused-ring (bicyclic) bond motifs is 1. The van der Waals surface area contributed by atoms with Crippen LogP contribution in [0, 0.1) is 0 Å². The Labute approximate surface area is 130 Å². The van der Waals surface area contributed by atoms with E-state index < -0.39 is 12.1 Å². The summed E-state index contributed by atoms with van der Waals surface area (Å²) in [4.78, 5) is 13.7. The fourth-order valence-electron chi connectivity index (χ4n) is 2.40. The van der Waals surface area contributed by atoms with Gasteiger partial charge in [0, 0.05) is 13.7 Å². The highest BCUT2D eigenvalue weighted by atomic mass is 16.6. The van der Waals surface area contributed by atoms with Crippen molar-refractivity contribution >= 4 is 11.7 Å². The Morgan fingerprint density at radius 2 is 2.23 bits per heavy atom. The van der Waals surface area contributed by atoms with Crippen LogP contribution in [0.1, 0.15) is 6.92 Å². The van der Waals surface area contributed by atoms with Gasteiger partial charge < -0.3 is 23.8 Å². The van der Waals surface area contributed by atoms with E-state index >= 15 is 0 Å². The summed E-state index contributed by atoms with van der Waals surface area (Å²) in [6.45, 7) is 3.53. The van der Waals surface area contributed by atoms with Crippen LogP contribution < -0.4 is 9.64 Å². The van der Waals surface area contributed by atoms with Crippen LogP contribution in [-0.2, 0) is 19.0 Å². The molecule has 0 saturated heterocycles. The Kier molecular flexibility index (Phi) is 6.03. The van der Waals surface area contributed by atoms with Gasteiger partial charge in [-0.2, -0.15) is 0 Å². The van der Waals surface area contributed by atoms with Crippen molar-refractivity contribution < 1.29 is 23.7 Å². The van der Waals surface area contributed by atoms with Gasteiger partial charge in [-0.25, -0.2) is 4.79 Å². The highest BCUT2D eigenvalue weighted by Crippen LogP contribution is 2.31. The maximum absolute atomic E-state index is 11.5. The Bertz CT molecular complexity index is 493. The van der Waals surface area contributed by atoms with Crippen molar-refractivity contribution in [1.29, 1.82) is 0 Å². The zero-order valence-corrected chi connectivity index (χ0v) is 13.3. The Morgan fingerprint density at radius 3 is 2.95 bits per heavy atom. The van der Waals surface area contributed by atoms with E-state index in [1.54, 1.807) is 0 Å². The van der Waals surface area contributed by atoms with Crippen LogP contribution in [0.2, 0.25) is 0 Å². The molecule has 6 nitrogen and oxygen atoms in total. The van der Waals surface area contributed by atoms with Gasteiger partial charge in [-0.15, -0.1) is 0 Å². The van der Waals surface area contributed by atoms with Gasteiger partial charge in [0.2, 0.25) is 0 Å². The predicted molar refractivity (Wildman–Crippen MR) is 82.4 cm³/mol. The standard InChI is InChI=1S/C16H23NO5/c1-4-21-15(16(18)19-3)11-20-10-12-9-17(2)13-7-5-6-8-14(13)22-12/h5-8,12,15H,4,9-11H2,1-3H3. The molecular formula is C16H23NO5. The van der Waals surface area contributed by atoms with Crippen molar-refractivity contribution in [2.75, 3.05) is 45.4 Å². The summed E-state index contributed by atoms with van der Waals surface area (Å²) in [5, 5.41) is 0. The van der Waals surface area contributed by atoms with Gasteiger partial charge in [-0.3, -0.25) is 0 Å². The van der Waals surface area contributed by atoms with Crippen LogP contribution in [0.4, 0.5) is 5.69 Å². The van der Waals surface area contributed by atoms with Gasteiger partial charge in [-0.1, -0.05) is 12.1 Å². The van der Waals surface area contributed by atoms with Crippen molar-refractivity contribution in [3.63, 3.8) is 0 Å². The molecule has 0 aliphatic carbocycles. The summed E-state index contributed by atoms with van der Waals surface area (Å²) in [5.74, 6) is 0.424. The van der Waals surface area contributed by atoms with Crippen molar-refractivity contribution in [3.8, 4) is 5.75 Å². The first kappa shape index (κ1) is 16.6. The van der Waals surface area contributed by atoms with Crippen molar-refractivity contribution in [3.05, 3.63) is 24.3 Å². The lowest BCUT2D eigenvalue weighted by Gasteiger charge is -2.33. The number of carbonyl (C=O) groups excluding carboxylic acids is 1. The number of carbonyl (C=O) groups is 1. The lowest BCUT2D eigenvalue weighted by molar-refractivity contribution is -0.158. The Balaban J connectivity index is 1.84. The molecule has 6 heteroatoms. The fraction of sp³-hybridized carbons (Fsp3) is 0.562. The first-order valence-electron chi connectivity index (χ1n) is 7.39. The molecule has 1 aliphatic rings. The third-order valence-corrected chi connectivity index (χ3v) is 3.45. The van der Waals surface area contributed by atoms with Gasteiger partial charge >= 0.3 is 5.97 Å². The average molecular weight is 309 g/mol. The van der Waals surface area contributed by atoms with Crippen molar-refractivity contribution in [2.45, 2.75) is 19.1 Å². The topological polar surface area (TPSA) is 57.2 Å². The molecule has 2 rings (SSSR count). The first-order valence-corrected chi connectivity index (χ1v) is 7.39. The molecule has 2 atom stereocenters. The van der Waals surface area contributed by atoms with E-state index in [0.717, 1.165) is 18.0 Å². The number of para-hydroxylation sites is 2. The van der Waals surface area contributed by atoms with Crippen LogP contribution >= 0.6 is 0 Å². The maximum Gasteiger partial charge on any atom is 0.337 e. The summed E-state index contributed by atoms with van der Waals surface area (Å²) in [6, 6.07) is 7.89. The molecule has 2 unspecified atom stereocenters. The molecule has 0 bridgehead atoms. The molecule has 122 valence electrons. The molecule has 0 spiro atoms. The van der Waals surface area contributed by atoms with E-state index in [0.29, 0.717) is 13.2 Å². The number of ether oxygens (including phenoxy) is 4. The third-order valence-electron chi connectivity index (χ3n) is 3.45. The number of hydrogen-bond donors (Lipinski definition) is 0. The third kappa shape index (κ3) is 4.11. The lowest BCUT2D eigenvalue weighted by atomic mass is 10.2. The van der Waals surface area contributed by atoms with Gasteiger partial charge in [0.05, 0.1) is 32.6 Å². The van der Waals surface area contributed by atoms with Crippen LogP contribution in [0.5, 0.6) is 5.75 Å². The second-order valence-corrected chi connectivity index (χ2v) is 5.09. The molecule has 0 fully saturated rings. The number of benzene rings is 1. The molecule has 0 N–H and O–H groups in total. The van der Waals surface area contributed by atoms with E-state index in [9.17, 15) is 4.79 Å². The molecule has 0 amide bonds. The van der Waals surface area contributed by atoms with E-state index in [-0.39, 0.29) is 12.7 Å². The molecule has 0 aromatic heterocycles. The minimum absolute atomic E-state index is 0.0835. The Hall–Kier alpha value is -1.79. The second-order valence-electron chi connectivity index (χ2n) is 5.09. The summed E-state index contributed by atoms with van der Waals surface area (Å²) in [6.07, 6.45) is -0.775. The number of hydrogen-bond acceptors (Lipinski definition) is 6. The van der Waals surface area contributed by atoms with Gasteiger partial charge in [-0.05, 0) is 19.1 Å². The highest BCUT2D eigenvalue weighted by molar-refractivity contribution is 5.74. The monoisotopic (exact) mass is 309 g/mol. The Morgan fingerprint density at radius 1 is 1.45 bits per heavy atom. The van der Waals surface area contributed by atoms with Gasteiger partial charge in [0.25, 0.3) is 0 Å². The molecule has 0 radical (unpaired) electrons. The molecular weight excluding hydrogens is 286 g/mol. The molecule has 1 aromatic rings. The van der Waals surface area contributed by atoms with E-state index in [1.165, 1.54) is 7.11 Å². The quantitative estimate of drug-likeness (QED) is 0.711. The van der Waals surface area contributed by atoms with Crippen LogP contribution in [0.15, 0.2) is 24.3 Å². The largest absolute Gasteiger partial charge is 0.484 e. The summed E-state index contributed by atoms with van der Waals surface area (Å²) >= 11 is 0. The SMILES string of the molecule is CCOC(COCC1CN(C)c2ccccc2O1)C(=O)OC. The minimum Gasteiger partial charge on any atom is -0.484 e. The number of esters is 1. The van der Waals surface area contributed by atoms with Gasteiger partial charge in [0.1, 0.15) is 11.9 Å². The van der Waals surface area contributed by atoms with Crippen LogP contribution in [-0.4, -0.2) is 58.7 Å². The van der Waals surface area contributed by atoms with E-state index in [2.05, 4.69) is 9.64 Å². The molecule has 1 heterocycles. The first-order chi connectivity index (χ1) is 10.7. The van der Waals surface area contributed by atoms with Crippen molar-refractivity contribution in [2.24, 2.45) is 0 Å². The van der Waals surface area contributed by atoms with Crippen LogP contribution in [0.25, 0.3) is 0 Å². The molecule has 0 saturated carbocycles. The van der Waals surface area contributed by atoms with E-state index in [4.69, 9.17) is 14.2 Å². The number of rotatable bonds is 7. The number of anilines is 1. The van der Waals surface area contributed by atoms with Gasteiger partial charge in [0.15, 0.2) is 6.10 Å². The fourth-order valence-corrected chi connectivity index (χ4v) is 2.40. The number of likely N-dealkylation sites (N-methyl/N-ethyl adjacent to an activating group) is 1. The molecule has 1 aromatic carbocycles. The highest BCUT2D eigenvalue weighted by Gasteiger charge is 2.25. The molecule has 22 heavy (non-hydrogen) atoms. The zero-order valence-electron chi connectivity index (χ0n) is 13.3. The van der Waals surface area contributed by atoms with E-state index in [1.807, 2.05) is 38.2 Å². The summed E-state index contributed by atoms with van der Waals surface area (Å²) in [7, 11) is 3.36. The smallest absolute Gasteiger partial charge is 0.337 e. The minimum atomic E-state index is -0.691. The number of methoxy groups -OCH3 is 1. The lowest BCUT2D eigenvalue weighted by Crippen LogP contribution is -2.41. The zero-order chi connectivity index (χ0) is 15.9. The second kappa shape index (κ2) is 8.00. The summed E-state index contributed by atoms with van der Waals surface area (Å²) < 4.78 is 21.5. The van der Waals surface area contributed by atoms with Crippen LogP contribution in [0.3, 0.4) is 0 Å². The summed E-state index contributed by atoms with van der Waals surface area (Å²) in [5.41, 5.74) is 1.07. The maximum atomic E-state index is 11.5. The molecule has 1 aliphatic heterocycles.